The van der Waals surface area contributed by atoms with E-state index in [0.717, 1.165) is 17.5 Å². The van der Waals surface area contributed by atoms with Crippen molar-refractivity contribution in [2.45, 2.75) is 36.6 Å². The molecular weight excluding hydrogens is 413 g/mol. The average molecular weight is 434 g/mol. The fraction of sp³-hybridized carbons (Fsp3) is 0.217. The number of para-hydroxylation sites is 1. The largest absolute Gasteiger partial charge is 0.308 e. The number of nitrogens with zero attached hydrogens (tertiary/aromatic N) is 5. The number of fused-ring (bicyclic) bond motifs is 2. The van der Waals surface area contributed by atoms with Crippen molar-refractivity contribution < 1.29 is 9.18 Å². The van der Waals surface area contributed by atoms with Crippen LogP contribution in [-0.4, -0.2) is 36.9 Å². The summed E-state index contributed by atoms with van der Waals surface area (Å²) in [5, 5.41) is 5.53. The Kier molecular flexibility index (Phi) is 4.94. The standard InChI is InChI=1S/C23H20FN5OS/c1-14-11-16-5-3-4-6-20(16)28(14)23(30)15(2)31-22-19-12-27-29(21(19)25-13-26-22)18-9-7-17(24)8-10-18/h3-10,12-15H,11H2,1-2H3/t14-,15+/m0/s1. The number of thioether (sulfide) groups is 1. The molecule has 0 unspecified atom stereocenters. The number of hydrogen-bond donors (Lipinski definition) is 0. The van der Waals surface area contributed by atoms with Crippen LogP contribution in [0.3, 0.4) is 0 Å². The lowest BCUT2D eigenvalue weighted by atomic mass is 10.1. The molecule has 1 amide bonds. The van der Waals surface area contributed by atoms with Gasteiger partial charge in [-0.1, -0.05) is 30.0 Å². The summed E-state index contributed by atoms with van der Waals surface area (Å²) < 4.78 is 14.9. The van der Waals surface area contributed by atoms with Gasteiger partial charge >= 0.3 is 0 Å². The average Bonchev–Trinajstić information content (AvgIpc) is 3.35. The molecule has 0 saturated heterocycles. The summed E-state index contributed by atoms with van der Waals surface area (Å²) in [6.45, 7) is 3.98. The molecule has 8 heteroatoms. The number of halogens is 1. The van der Waals surface area contributed by atoms with Crippen molar-refractivity contribution in [3.05, 3.63) is 72.4 Å². The van der Waals surface area contributed by atoms with Crippen LogP contribution in [0.4, 0.5) is 10.1 Å². The molecule has 2 atom stereocenters. The van der Waals surface area contributed by atoms with Gasteiger partial charge in [0.15, 0.2) is 5.65 Å². The quantitative estimate of drug-likeness (QED) is 0.352. The van der Waals surface area contributed by atoms with Crippen LogP contribution in [0, 0.1) is 5.82 Å². The van der Waals surface area contributed by atoms with Crippen molar-refractivity contribution in [2.24, 2.45) is 0 Å². The van der Waals surface area contributed by atoms with E-state index in [0.29, 0.717) is 16.4 Å². The van der Waals surface area contributed by atoms with Crippen molar-refractivity contribution in [3.63, 3.8) is 0 Å². The first-order valence-corrected chi connectivity index (χ1v) is 10.9. The monoisotopic (exact) mass is 433 g/mol. The molecule has 0 saturated carbocycles. The van der Waals surface area contributed by atoms with Crippen LogP contribution in [0.15, 0.2) is 66.1 Å². The van der Waals surface area contributed by atoms with Crippen molar-refractivity contribution in [3.8, 4) is 5.69 Å². The predicted octanol–water partition coefficient (Wildman–Crippen LogP) is 4.41. The first-order valence-electron chi connectivity index (χ1n) is 10.0. The van der Waals surface area contributed by atoms with Gasteiger partial charge in [-0.05, 0) is 56.2 Å². The molecule has 2 aromatic heterocycles. The van der Waals surface area contributed by atoms with Gasteiger partial charge in [-0.3, -0.25) is 4.79 Å². The normalized spacial score (nSPS) is 16.5. The Labute approximate surface area is 183 Å². The molecule has 0 fully saturated rings. The van der Waals surface area contributed by atoms with E-state index in [-0.39, 0.29) is 23.0 Å². The Morgan fingerprint density at radius 2 is 1.94 bits per heavy atom. The van der Waals surface area contributed by atoms with E-state index in [1.807, 2.05) is 30.0 Å². The molecule has 31 heavy (non-hydrogen) atoms. The van der Waals surface area contributed by atoms with Gasteiger partial charge < -0.3 is 4.90 Å². The van der Waals surface area contributed by atoms with E-state index in [4.69, 9.17) is 0 Å². The van der Waals surface area contributed by atoms with Gasteiger partial charge in [-0.15, -0.1) is 0 Å². The second-order valence-electron chi connectivity index (χ2n) is 7.60. The zero-order valence-electron chi connectivity index (χ0n) is 17.1. The predicted molar refractivity (Wildman–Crippen MR) is 119 cm³/mol. The number of carbonyl (C=O) groups is 1. The Hall–Kier alpha value is -3.26. The van der Waals surface area contributed by atoms with Gasteiger partial charge in [0.2, 0.25) is 5.91 Å². The first kappa shape index (κ1) is 19.7. The minimum absolute atomic E-state index is 0.0557. The molecule has 0 spiro atoms. The van der Waals surface area contributed by atoms with Crippen molar-refractivity contribution in [1.82, 2.24) is 19.7 Å². The molecule has 156 valence electrons. The van der Waals surface area contributed by atoms with E-state index in [2.05, 4.69) is 28.1 Å². The summed E-state index contributed by atoms with van der Waals surface area (Å²) >= 11 is 1.40. The van der Waals surface area contributed by atoms with E-state index in [9.17, 15) is 9.18 Å². The molecular formula is C23H20FN5OS. The lowest BCUT2D eigenvalue weighted by Gasteiger charge is -2.25. The number of benzene rings is 2. The third-order valence-corrected chi connectivity index (χ3v) is 6.59. The molecule has 0 aliphatic carbocycles. The minimum atomic E-state index is -0.333. The molecule has 3 heterocycles. The number of rotatable bonds is 4. The summed E-state index contributed by atoms with van der Waals surface area (Å²) in [7, 11) is 0. The van der Waals surface area contributed by atoms with E-state index in [1.165, 1.54) is 35.8 Å². The Bertz CT molecular complexity index is 1270. The van der Waals surface area contributed by atoms with Crippen molar-refractivity contribution >= 4 is 34.4 Å². The van der Waals surface area contributed by atoms with Gasteiger partial charge in [0.1, 0.15) is 17.2 Å². The van der Waals surface area contributed by atoms with Crippen molar-refractivity contribution in [1.29, 1.82) is 0 Å². The Balaban J connectivity index is 1.43. The zero-order valence-corrected chi connectivity index (χ0v) is 17.9. The van der Waals surface area contributed by atoms with E-state index in [1.54, 1.807) is 23.0 Å². The number of carbonyl (C=O) groups excluding carboxylic acids is 1. The summed E-state index contributed by atoms with van der Waals surface area (Å²) in [6, 6.07) is 14.2. The van der Waals surface area contributed by atoms with E-state index < -0.39 is 0 Å². The molecule has 0 bridgehead atoms. The maximum Gasteiger partial charge on any atom is 0.240 e. The van der Waals surface area contributed by atoms with Gasteiger partial charge in [-0.2, -0.15) is 5.10 Å². The first-order chi connectivity index (χ1) is 15.0. The highest BCUT2D eigenvalue weighted by atomic mass is 32.2. The van der Waals surface area contributed by atoms with Gasteiger partial charge in [-0.25, -0.2) is 19.0 Å². The van der Waals surface area contributed by atoms with Crippen LogP contribution >= 0.6 is 11.8 Å². The Morgan fingerprint density at radius 1 is 1.16 bits per heavy atom. The van der Waals surface area contributed by atoms with Crippen LogP contribution in [0.2, 0.25) is 0 Å². The minimum Gasteiger partial charge on any atom is -0.308 e. The van der Waals surface area contributed by atoms with Gasteiger partial charge in [0.25, 0.3) is 0 Å². The maximum atomic E-state index is 13.3. The molecule has 0 N–H and O–H groups in total. The number of anilines is 1. The van der Waals surface area contributed by atoms with Gasteiger partial charge in [0, 0.05) is 11.7 Å². The van der Waals surface area contributed by atoms with Crippen LogP contribution in [0.1, 0.15) is 19.4 Å². The van der Waals surface area contributed by atoms with Gasteiger partial charge in [0.05, 0.1) is 22.5 Å². The molecule has 6 nitrogen and oxygen atoms in total. The molecule has 2 aromatic carbocycles. The second-order valence-corrected chi connectivity index (χ2v) is 8.93. The summed E-state index contributed by atoms with van der Waals surface area (Å²) in [4.78, 5) is 24.0. The van der Waals surface area contributed by atoms with Crippen LogP contribution in [0.25, 0.3) is 16.7 Å². The summed E-state index contributed by atoms with van der Waals surface area (Å²) in [5.74, 6) is -0.253. The summed E-state index contributed by atoms with van der Waals surface area (Å²) in [5.41, 5.74) is 3.51. The van der Waals surface area contributed by atoms with Crippen LogP contribution in [-0.2, 0) is 11.2 Å². The molecule has 4 aromatic rings. The number of amides is 1. The molecule has 1 aliphatic heterocycles. The van der Waals surface area contributed by atoms with E-state index >= 15 is 0 Å². The molecule has 5 rings (SSSR count). The third-order valence-electron chi connectivity index (χ3n) is 5.48. The summed E-state index contributed by atoms with van der Waals surface area (Å²) in [6.07, 6.45) is 4.02. The number of hydrogen-bond acceptors (Lipinski definition) is 5. The Morgan fingerprint density at radius 3 is 2.74 bits per heavy atom. The third kappa shape index (κ3) is 3.46. The molecule has 1 aliphatic rings. The fourth-order valence-electron chi connectivity index (χ4n) is 4.00. The second kappa shape index (κ2) is 7.77. The highest BCUT2D eigenvalue weighted by Crippen LogP contribution is 2.35. The maximum absolute atomic E-state index is 13.3. The van der Waals surface area contributed by atoms with Crippen LogP contribution < -0.4 is 4.90 Å². The fourth-order valence-corrected chi connectivity index (χ4v) is 4.93. The van der Waals surface area contributed by atoms with Crippen LogP contribution in [0.5, 0.6) is 0 Å². The number of aromatic nitrogens is 4. The van der Waals surface area contributed by atoms with Crippen molar-refractivity contribution in [2.75, 3.05) is 4.90 Å². The smallest absolute Gasteiger partial charge is 0.240 e. The SMILES string of the molecule is C[C@@H](Sc1ncnc2c1cnn2-c1ccc(F)cc1)C(=O)N1c2ccccc2C[C@@H]1C. The lowest BCUT2D eigenvalue weighted by molar-refractivity contribution is -0.118. The zero-order chi connectivity index (χ0) is 21.5. The highest BCUT2D eigenvalue weighted by molar-refractivity contribution is 8.00. The molecule has 0 radical (unpaired) electrons. The lowest BCUT2D eigenvalue weighted by Crippen LogP contribution is -2.40. The topological polar surface area (TPSA) is 63.9 Å². The highest BCUT2D eigenvalue weighted by Gasteiger charge is 2.33.